The molecule has 1 fully saturated rings. The number of hydrogen-bond donors (Lipinski definition) is 3. The van der Waals surface area contributed by atoms with Gasteiger partial charge in [-0.15, -0.1) is 0 Å². The maximum absolute atomic E-state index is 13.3. The normalized spacial score (nSPS) is 17.6. The molecule has 184 valence electrons. The smallest absolute Gasteiger partial charge is 0.319 e. The summed E-state index contributed by atoms with van der Waals surface area (Å²) in [5.41, 5.74) is 0.355. The molecule has 0 saturated heterocycles. The lowest BCUT2D eigenvalue weighted by Crippen LogP contribution is -2.36. The SMILES string of the molecule is CN(C)c1nc(NC2CCC(CNC(=O)Nc3ccc(F)cc3[N+](=O)[O-])CC2)nc2ccccc12. The van der Waals surface area contributed by atoms with Gasteiger partial charge in [-0.1, -0.05) is 12.1 Å². The molecule has 1 aliphatic rings. The van der Waals surface area contributed by atoms with Gasteiger partial charge in [-0.05, 0) is 55.9 Å². The lowest BCUT2D eigenvalue weighted by molar-refractivity contribution is -0.384. The fraction of sp³-hybridized carbons (Fsp3) is 0.375. The van der Waals surface area contributed by atoms with Crippen molar-refractivity contribution in [1.29, 1.82) is 0 Å². The van der Waals surface area contributed by atoms with E-state index < -0.39 is 22.5 Å². The van der Waals surface area contributed by atoms with Gasteiger partial charge in [-0.2, -0.15) is 4.98 Å². The minimum Gasteiger partial charge on any atom is -0.362 e. The highest BCUT2D eigenvalue weighted by atomic mass is 19.1. The number of benzene rings is 2. The number of nitro groups is 1. The Hall–Kier alpha value is -4.02. The minimum atomic E-state index is -0.736. The van der Waals surface area contributed by atoms with Crippen LogP contribution in [0.4, 0.5) is 32.3 Å². The quantitative estimate of drug-likeness (QED) is 0.334. The zero-order valence-corrected chi connectivity index (χ0v) is 19.6. The second-order valence-electron chi connectivity index (χ2n) is 8.90. The number of carbonyl (C=O) groups excluding carboxylic acids is 1. The summed E-state index contributed by atoms with van der Waals surface area (Å²) in [6.07, 6.45) is 3.63. The number of aromatic nitrogens is 2. The van der Waals surface area contributed by atoms with Crippen LogP contribution in [0, 0.1) is 21.8 Å². The molecule has 3 N–H and O–H groups in total. The lowest BCUT2D eigenvalue weighted by Gasteiger charge is -2.29. The average Bonchev–Trinajstić information content (AvgIpc) is 2.84. The van der Waals surface area contributed by atoms with Crippen molar-refractivity contribution in [1.82, 2.24) is 15.3 Å². The highest BCUT2D eigenvalue weighted by Crippen LogP contribution is 2.28. The van der Waals surface area contributed by atoms with E-state index in [9.17, 15) is 19.3 Å². The summed E-state index contributed by atoms with van der Waals surface area (Å²) < 4.78 is 13.3. The molecule has 1 aliphatic carbocycles. The first-order valence-electron chi connectivity index (χ1n) is 11.5. The van der Waals surface area contributed by atoms with Gasteiger partial charge >= 0.3 is 6.03 Å². The number of fused-ring (bicyclic) bond motifs is 1. The molecule has 11 heteroatoms. The van der Waals surface area contributed by atoms with Crippen LogP contribution >= 0.6 is 0 Å². The molecule has 1 saturated carbocycles. The molecule has 0 aliphatic heterocycles. The number of hydrogen-bond acceptors (Lipinski definition) is 7. The molecule has 4 rings (SSSR count). The first kappa shape index (κ1) is 24.1. The summed E-state index contributed by atoms with van der Waals surface area (Å²) in [7, 11) is 3.92. The Balaban J connectivity index is 1.28. The van der Waals surface area contributed by atoms with Crippen LogP contribution < -0.4 is 20.9 Å². The Morgan fingerprint density at radius 2 is 1.89 bits per heavy atom. The summed E-state index contributed by atoms with van der Waals surface area (Å²) >= 11 is 0. The second kappa shape index (κ2) is 10.5. The Morgan fingerprint density at radius 3 is 2.60 bits per heavy atom. The molecule has 10 nitrogen and oxygen atoms in total. The standard InChI is InChI=1S/C24H28FN7O3/c1-31(2)22-18-5-3-4-6-19(18)28-23(30-22)27-17-10-7-15(8-11-17)14-26-24(33)29-20-12-9-16(25)13-21(20)32(34)35/h3-6,9,12-13,15,17H,7-8,10-11,14H2,1-2H3,(H2,26,29,33)(H,27,28,30). The number of nitrogens with zero attached hydrogens (tertiary/aromatic N) is 4. The Morgan fingerprint density at radius 1 is 1.14 bits per heavy atom. The molecular weight excluding hydrogens is 453 g/mol. The predicted octanol–water partition coefficient (Wildman–Crippen LogP) is 4.54. The van der Waals surface area contributed by atoms with Crippen LogP contribution in [0.15, 0.2) is 42.5 Å². The summed E-state index contributed by atoms with van der Waals surface area (Å²) in [4.78, 5) is 34.0. The van der Waals surface area contributed by atoms with Crippen LogP contribution in [0.3, 0.4) is 0 Å². The third-order valence-electron chi connectivity index (χ3n) is 6.14. The molecule has 1 aromatic heterocycles. The summed E-state index contributed by atoms with van der Waals surface area (Å²) in [5, 5.41) is 20.8. The number of rotatable bonds is 7. The molecular formula is C24H28FN7O3. The van der Waals surface area contributed by atoms with Gasteiger partial charge in [-0.3, -0.25) is 10.1 Å². The third kappa shape index (κ3) is 5.92. The van der Waals surface area contributed by atoms with Crippen LogP contribution in [0.1, 0.15) is 25.7 Å². The lowest BCUT2D eigenvalue weighted by atomic mass is 9.86. The van der Waals surface area contributed by atoms with Crippen molar-refractivity contribution in [2.75, 3.05) is 36.2 Å². The number of halogens is 1. The van der Waals surface area contributed by atoms with Gasteiger partial charge in [0.25, 0.3) is 5.69 Å². The molecule has 2 amide bonds. The molecule has 0 atom stereocenters. The van der Waals surface area contributed by atoms with Crippen molar-refractivity contribution in [3.05, 3.63) is 58.4 Å². The second-order valence-corrected chi connectivity index (χ2v) is 8.90. The van der Waals surface area contributed by atoms with Crippen LogP contribution in [-0.4, -0.2) is 47.6 Å². The highest BCUT2D eigenvalue weighted by Gasteiger charge is 2.23. The van der Waals surface area contributed by atoms with Gasteiger partial charge in [-0.25, -0.2) is 14.2 Å². The van der Waals surface area contributed by atoms with E-state index in [1.54, 1.807) is 0 Å². The van der Waals surface area contributed by atoms with Gasteiger partial charge in [0.1, 0.15) is 17.3 Å². The van der Waals surface area contributed by atoms with Crippen LogP contribution in [-0.2, 0) is 0 Å². The van der Waals surface area contributed by atoms with E-state index in [1.165, 1.54) is 6.07 Å². The van der Waals surface area contributed by atoms with Crippen molar-refractivity contribution >= 4 is 40.1 Å². The van der Waals surface area contributed by atoms with E-state index in [1.807, 2.05) is 43.3 Å². The average molecular weight is 482 g/mol. The van der Waals surface area contributed by atoms with Gasteiger partial charge in [0.2, 0.25) is 5.95 Å². The zero-order valence-electron chi connectivity index (χ0n) is 19.6. The van der Waals surface area contributed by atoms with E-state index in [4.69, 9.17) is 4.98 Å². The number of amides is 2. The maximum atomic E-state index is 13.3. The fourth-order valence-corrected chi connectivity index (χ4v) is 4.32. The van der Waals surface area contributed by atoms with Crippen LogP contribution in [0.5, 0.6) is 0 Å². The highest BCUT2D eigenvalue weighted by molar-refractivity contribution is 5.92. The Bertz CT molecular complexity index is 1230. The zero-order chi connectivity index (χ0) is 24.9. The number of anilines is 3. The number of carbonyl (C=O) groups is 1. The van der Waals surface area contributed by atoms with Gasteiger partial charge in [0.05, 0.1) is 16.5 Å². The van der Waals surface area contributed by atoms with Crippen molar-refractivity contribution < 1.29 is 14.1 Å². The van der Waals surface area contributed by atoms with Crippen molar-refractivity contribution in [2.45, 2.75) is 31.7 Å². The molecule has 0 bridgehead atoms. The minimum absolute atomic E-state index is 0.0470. The topological polar surface area (TPSA) is 125 Å². The largest absolute Gasteiger partial charge is 0.362 e. The number of para-hydroxylation sites is 1. The molecule has 0 unspecified atom stereocenters. The summed E-state index contributed by atoms with van der Waals surface area (Å²) in [5.74, 6) is 1.02. The Kier molecular flexibility index (Phi) is 7.23. The van der Waals surface area contributed by atoms with E-state index in [0.717, 1.165) is 54.5 Å². The van der Waals surface area contributed by atoms with E-state index in [0.29, 0.717) is 12.5 Å². The van der Waals surface area contributed by atoms with E-state index in [2.05, 4.69) is 20.9 Å². The van der Waals surface area contributed by atoms with Crippen molar-refractivity contribution in [3.8, 4) is 0 Å². The van der Waals surface area contributed by atoms with Crippen molar-refractivity contribution in [3.63, 3.8) is 0 Å². The molecule has 0 spiro atoms. The maximum Gasteiger partial charge on any atom is 0.319 e. The summed E-state index contributed by atoms with van der Waals surface area (Å²) in [6, 6.07) is 10.6. The number of nitrogens with one attached hydrogen (secondary N) is 3. The Labute approximate surface area is 202 Å². The molecule has 35 heavy (non-hydrogen) atoms. The van der Waals surface area contributed by atoms with E-state index >= 15 is 0 Å². The van der Waals surface area contributed by atoms with Crippen molar-refractivity contribution in [2.24, 2.45) is 5.92 Å². The first-order valence-corrected chi connectivity index (χ1v) is 11.5. The van der Waals surface area contributed by atoms with Gasteiger partial charge in [0.15, 0.2) is 0 Å². The predicted molar refractivity (Wildman–Crippen MR) is 133 cm³/mol. The van der Waals surface area contributed by atoms with Crippen LogP contribution in [0.2, 0.25) is 0 Å². The molecule has 1 heterocycles. The van der Waals surface area contributed by atoms with Gasteiger partial charge < -0.3 is 20.9 Å². The molecule has 3 aromatic rings. The van der Waals surface area contributed by atoms with E-state index in [-0.39, 0.29) is 17.6 Å². The monoisotopic (exact) mass is 481 g/mol. The summed E-state index contributed by atoms with van der Waals surface area (Å²) in [6.45, 7) is 0.449. The first-order chi connectivity index (χ1) is 16.8. The van der Waals surface area contributed by atoms with Gasteiger partial charge in [0, 0.05) is 32.1 Å². The number of urea groups is 1. The number of nitro benzene ring substituents is 1. The molecule has 0 radical (unpaired) electrons. The molecule has 2 aromatic carbocycles. The third-order valence-corrected chi connectivity index (χ3v) is 6.14. The fourth-order valence-electron chi connectivity index (χ4n) is 4.32. The van der Waals surface area contributed by atoms with Crippen LogP contribution in [0.25, 0.3) is 10.9 Å².